The number of nitrogens with zero attached hydrogens (tertiary/aromatic N) is 2. The molecule has 1 fully saturated rings. The minimum Gasteiger partial charge on any atom is -0.352 e. The summed E-state index contributed by atoms with van der Waals surface area (Å²) in [6, 6.07) is 25.4. The summed E-state index contributed by atoms with van der Waals surface area (Å²) in [5.74, 6) is -0.818. The highest BCUT2D eigenvalue weighted by Crippen LogP contribution is 2.37. The molecule has 43 heavy (non-hydrogen) atoms. The van der Waals surface area contributed by atoms with Gasteiger partial charge in [0.25, 0.3) is 5.91 Å². The number of benzene rings is 4. The Morgan fingerprint density at radius 2 is 1.53 bits per heavy atom. The van der Waals surface area contributed by atoms with Crippen molar-refractivity contribution >= 4 is 57.4 Å². The molecule has 0 spiro atoms. The summed E-state index contributed by atoms with van der Waals surface area (Å²) in [4.78, 5) is 45.2. The third-order valence-electron chi connectivity index (χ3n) is 8.56. The predicted molar refractivity (Wildman–Crippen MR) is 172 cm³/mol. The second-order valence-corrected chi connectivity index (χ2v) is 12.2. The van der Waals surface area contributed by atoms with Gasteiger partial charge >= 0.3 is 0 Å². The van der Waals surface area contributed by atoms with Crippen molar-refractivity contribution in [1.82, 2.24) is 10.2 Å². The van der Waals surface area contributed by atoms with Gasteiger partial charge in [0.1, 0.15) is 12.6 Å². The van der Waals surface area contributed by atoms with Crippen LogP contribution in [-0.2, 0) is 22.6 Å². The number of nitrogens with one attached hydrogen (secondary N) is 1. The van der Waals surface area contributed by atoms with Crippen LogP contribution >= 0.6 is 23.2 Å². The molecule has 6 rings (SSSR count). The van der Waals surface area contributed by atoms with Gasteiger partial charge in [-0.25, -0.2) is 0 Å². The number of hydrogen-bond acceptors (Lipinski definition) is 3. The lowest BCUT2D eigenvalue weighted by Gasteiger charge is -2.34. The van der Waals surface area contributed by atoms with E-state index >= 15 is 0 Å². The van der Waals surface area contributed by atoms with Crippen molar-refractivity contribution in [3.63, 3.8) is 0 Å². The molecule has 1 aliphatic heterocycles. The molecule has 4 aromatic carbocycles. The molecule has 1 N–H and O–H groups in total. The molecule has 2 aliphatic rings. The van der Waals surface area contributed by atoms with Gasteiger partial charge in [-0.1, -0.05) is 103 Å². The van der Waals surface area contributed by atoms with Gasteiger partial charge in [0.2, 0.25) is 11.8 Å². The summed E-state index contributed by atoms with van der Waals surface area (Å²) in [7, 11) is 0. The van der Waals surface area contributed by atoms with Crippen LogP contribution in [0.2, 0.25) is 10.0 Å². The Morgan fingerprint density at radius 3 is 2.26 bits per heavy atom. The maximum atomic E-state index is 14.4. The molecule has 4 aromatic rings. The standard InChI is InChI=1S/C35H33Cl2N3O3/c36-28-17-9-18-29(37)27(28)21-39(31(20-23-10-3-1-4-11-23)34(42)38-25-14-5-2-6-15-25)32(41)22-40-30-19-8-13-24-12-7-16-26(33(24)30)35(40)43/h1,3-4,7-13,16-19,25,31H,2,5-6,14-15,20-22H2,(H,38,42)/t31-/m1/s1. The average molecular weight is 615 g/mol. The van der Waals surface area contributed by atoms with Crippen molar-refractivity contribution in [2.24, 2.45) is 0 Å². The number of carbonyl (C=O) groups is 3. The Bertz CT molecular complexity index is 1640. The van der Waals surface area contributed by atoms with Crippen molar-refractivity contribution in [2.75, 3.05) is 11.4 Å². The molecule has 1 saturated carbocycles. The van der Waals surface area contributed by atoms with E-state index in [0.717, 1.165) is 48.4 Å². The molecule has 0 saturated heterocycles. The molecular formula is C35H33Cl2N3O3. The fourth-order valence-corrected chi connectivity index (χ4v) is 6.83. The van der Waals surface area contributed by atoms with Gasteiger partial charge in [-0.2, -0.15) is 0 Å². The van der Waals surface area contributed by atoms with Crippen molar-refractivity contribution in [2.45, 2.75) is 57.2 Å². The second kappa shape index (κ2) is 12.8. The lowest BCUT2D eigenvalue weighted by atomic mass is 9.94. The average Bonchev–Trinajstić information content (AvgIpc) is 3.29. The summed E-state index contributed by atoms with van der Waals surface area (Å²) in [6.07, 6.45) is 5.42. The highest BCUT2D eigenvalue weighted by atomic mass is 35.5. The Kier molecular flexibility index (Phi) is 8.68. The normalized spacial score (nSPS) is 15.5. The molecular weight excluding hydrogens is 581 g/mol. The van der Waals surface area contributed by atoms with Crippen LogP contribution in [0.4, 0.5) is 5.69 Å². The Hall–Kier alpha value is -3.87. The van der Waals surface area contributed by atoms with Gasteiger partial charge in [0, 0.05) is 45.6 Å². The number of amides is 3. The van der Waals surface area contributed by atoms with Gasteiger partial charge in [-0.3, -0.25) is 19.3 Å². The van der Waals surface area contributed by atoms with Crippen molar-refractivity contribution < 1.29 is 14.4 Å². The number of rotatable bonds is 9. The number of halogens is 2. The fraction of sp³-hybridized carbons (Fsp3) is 0.286. The first-order chi connectivity index (χ1) is 20.9. The molecule has 0 unspecified atom stereocenters. The SMILES string of the molecule is O=C(NC1CCCCC1)[C@@H](Cc1ccccc1)N(Cc1c(Cl)cccc1Cl)C(=O)CN1C(=O)c2cccc3cccc1c23. The van der Waals surface area contributed by atoms with Crippen molar-refractivity contribution in [1.29, 1.82) is 0 Å². The highest BCUT2D eigenvalue weighted by Gasteiger charge is 2.37. The van der Waals surface area contributed by atoms with E-state index in [1.807, 2.05) is 60.7 Å². The van der Waals surface area contributed by atoms with E-state index in [4.69, 9.17) is 23.2 Å². The molecule has 1 aliphatic carbocycles. The van der Waals surface area contributed by atoms with E-state index in [9.17, 15) is 14.4 Å². The zero-order valence-corrected chi connectivity index (χ0v) is 25.3. The van der Waals surface area contributed by atoms with E-state index in [0.29, 0.717) is 33.3 Å². The molecule has 3 amide bonds. The van der Waals surface area contributed by atoms with Gasteiger partial charge in [0.05, 0.1) is 5.69 Å². The zero-order valence-electron chi connectivity index (χ0n) is 23.8. The van der Waals surface area contributed by atoms with Crippen LogP contribution in [-0.4, -0.2) is 41.2 Å². The number of hydrogen-bond donors (Lipinski definition) is 1. The molecule has 0 aromatic heterocycles. The van der Waals surface area contributed by atoms with Crippen LogP contribution in [0.25, 0.3) is 10.8 Å². The minimum atomic E-state index is -0.847. The Morgan fingerprint density at radius 1 is 0.860 bits per heavy atom. The van der Waals surface area contributed by atoms with Gasteiger partial charge in [-0.15, -0.1) is 0 Å². The molecule has 1 heterocycles. The lowest BCUT2D eigenvalue weighted by molar-refractivity contribution is -0.140. The molecule has 6 nitrogen and oxygen atoms in total. The van der Waals surface area contributed by atoms with E-state index in [1.165, 1.54) is 4.90 Å². The van der Waals surface area contributed by atoms with Gasteiger partial charge in [0.15, 0.2) is 0 Å². The van der Waals surface area contributed by atoms with E-state index in [1.54, 1.807) is 29.2 Å². The predicted octanol–water partition coefficient (Wildman–Crippen LogP) is 7.20. The molecule has 0 bridgehead atoms. The Balaban J connectivity index is 1.37. The monoisotopic (exact) mass is 613 g/mol. The number of carbonyl (C=O) groups excluding carboxylic acids is 3. The van der Waals surface area contributed by atoms with E-state index in [2.05, 4.69) is 5.32 Å². The quantitative estimate of drug-likeness (QED) is 0.217. The van der Waals surface area contributed by atoms with Crippen LogP contribution in [0.3, 0.4) is 0 Å². The smallest absolute Gasteiger partial charge is 0.259 e. The fourth-order valence-electron chi connectivity index (χ4n) is 6.31. The second-order valence-electron chi connectivity index (χ2n) is 11.3. The van der Waals surface area contributed by atoms with Crippen molar-refractivity contribution in [3.8, 4) is 0 Å². The molecule has 220 valence electrons. The third-order valence-corrected chi connectivity index (χ3v) is 9.26. The Labute approximate surface area is 261 Å². The first-order valence-electron chi connectivity index (χ1n) is 14.8. The van der Waals surface area contributed by atoms with Gasteiger partial charge in [-0.05, 0) is 48.1 Å². The van der Waals surface area contributed by atoms with E-state index < -0.39 is 6.04 Å². The summed E-state index contributed by atoms with van der Waals surface area (Å²) in [5.41, 5.74) is 2.73. The molecule has 8 heteroatoms. The first-order valence-corrected chi connectivity index (χ1v) is 15.6. The topological polar surface area (TPSA) is 69.7 Å². The minimum absolute atomic E-state index is 0.0199. The third kappa shape index (κ3) is 6.13. The maximum Gasteiger partial charge on any atom is 0.259 e. The van der Waals surface area contributed by atoms with Crippen molar-refractivity contribution in [3.05, 3.63) is 112 Å². The maximum absolute atomic E-state index is 14.4. The lowest BCUT2D eigenvalue weighted by Crippen LogP contribution is -2.54. The summed E-state index contributed by atoms with van der Waals surface area (Å²) in [6.45, 7) is -0.206. The van der Waals surface area contributed by atoms with Crippen LogP contribution in [0.1, 0.15) is 53.6 Å². The van der Waals surface area contributed by atoms with Gasteiger partial charge < -0.3 is 10.2 Å². The molecule has 0 radical (unpaired) electrons. The highest BCUT2D eigenvalue weighted by molar-refractivity contribution is 6.36. The number of anilines is 1. The summed E-state index contributed by atoms with van der Waals surface area (Å²) in [5, 5.41) is 5.83. The zero-order chi connectivity index (χ0) is 29.9. The van der Waals surface area contributed by atoms with Crippen LogP contribution in [0.5, 0.6) is 0 Å². The largest absolute Gasteiger partial charge is 0.352 e. The van der Waals surface area contributed by atoms with Crippen LogP contribution in [0.15, 0.2) is 84.9 Å². The van der Waals surface area contributed by atoms with E-state index in [-0.39, 0.29) is 36.9 Å². The van der Waals surface area contributed by atoms with Crippen LogP contribution in [0, 0.1) is 0 Å². The summed E-state index contributed by atoms with van der Waals surface area (Å²) >= 11 is 13.2. The van der Waals surface area contributed by atoms with Crippen LogP contribution < -0.4 is 10.2 Å². The summed E-state index contributed by atoms with van der Waals surface area (Å²) < 4.78 is 0. The molecule has 1 atom stereocenters. The first kappa shape index (κ1) is 29.2.